The fourth-order valence-corrected chi connectivity index (χ4v) is 2.38. The molecule has 4 nitrogen and oxygen atoms in total. The summed E-state index contributed by atoms with van der Waals surface area (Å²) in [4.78, 5) is 0. The highest BCUT2D eigenvalue weighted by Crippen LogP contribution is 2.23. The van der Waals surface area contributed by atoms with Crippen LogP contribution in [0.25, 0.3) is 10.9 Å². The number of benzene rings is 1. The lowest BCUT2D eigenvalue weighted by Gasteiger charge is -1.93. The first-order chi connectivity index (χ1) is 6.48. The Balaban J connectivity index is 2.83. The number of aromatic amines is 1. The topological polar surface area (TPSA) is 62.8 Å². The third-order valence-corrected chi connectivity index (χ3v) is 3.40. The van der Waals surface area contributed by atoms with E-state index < -0.39 is 9.84 Å². The molecule has 1 N–H and O–H groups in total. The summed E-state index contributed by atoms with van der Waals surface area (Å²) >= 11 is 3.29. The van der Waals surface area contributed by atoms with E-state index in [1.54, 1.807) is 18.2 Å². The van der Waals surface area contributed by atoms with Crippen LogP contribution in [0.1, 0.15) is 0 Å². The van der Waals surface area contributed by atoms with Crippen molar-refractivity contribution in [2.45, 2.75) is 5.03 Å². The molecular weight excluding hydrogens is 268 g/mol. The Morgan fingerprint density at radius 1 is 1.43 bits per heavy atom. The first-order valence-electron chi connectivity index (χ1n) is 3.82. The first-order valence-corrected chi connectivity index (χ1v) is 6.50. The molecule has 74 valence electrons. The fraction of sp³-hybridized carbons (Fsp3) is 0.125. The van der Waals surface area contributed by atoms with E-state index in [0.29, 0.717) is 10.9 Å². The van der Waals surface area contributed by atoms with Crippen molar-refractivity contribution in [1.29, 1.82) is 0 Å². The van der Waals surface area contributed by atoms with Crippen molar-refractivity contribution >= 4 is 36.7 Å². The second-order valence-electron chi connectivity index (χ2n) is 2.99. The molecule has 1 aromatic carbocycles. The van der Waals surface area contributed by atoms with E-state index >= 15 is 0 Å². The van der Waals surface area contributed by atoms with Gasteiger partial charge in [-0.1, -0.05) is 15.9 Å². The lowest BCUT2D eigenvalue weighted by Crippen LogP contribution is -1.97. The molecule has 0 spiro atoms. The predicted octanol–water partition coefficient (Wildman–Crippen LogP) is 1.73. The van der Waals surface area contributed by atoms with Crippen molar-refractivity contribution in [3.63, 3.8) is 0 Å². The van der Waals surface area contributed by atoms with E-state index in [2.05, 4.69) is 26.1 Å². The Bertz CT molecular complexity index is 588. The van der Waals surface area contributed by atoms with Gasteiger partial charge in [0.05, 0.1) is 5.52 Å². The number of rotatable bonds is 1. The molecule has 0 bridgehead atoms. The van der Waals surface area contributed by atoms with Gasteiger partial charge >= 0.3 is 0 Å². The summed E-state index contributed by atoms with van der Waals surface area (Å²) in [5.74, 6) is 0. The smallest absolute Gasteiger partial charge is 0.192 e. The number of fused-ring (bicyclic) bond motifs is 1. The SMILES string of the molecule is CS(=O)(=O)c1[nH]nc2cc(Br)ccc12. The molecule has 6 heteroatoms. The summed E-state index contributed by atoms with van der Waals surface area (Å²) in [7, 11) is -3.23. The second kappa shape index (κ2) is 3.06. The zero-order valence-corrected chi connectivity index (χ0v) is 9.68. The summed E-state index contributed by atoms with van der Waals surface area (Å²) in [5, 5.41) is 7.22. The average molecular weight is 275 g/mol. The second-order valence-corrected chi connectivity index (χ2v) is 5.85. The number of sulfone groups is 1. The molecule has 0 aliphatic carbocycles. The maximum atomic E-state index is 11.3. The molecule has 2 aromatic rings. The van der Waals surface area contributed by atoms with Crippen molar-refractivity contribution in [2.24, 2.45) is 0 Å². The number of nitrogens with one attached hydrogen (secondary N) is 1. The van der Waals surface area contributed by atoms with Crippen LogP contribution in [0.15, 0.2) is 27.7 Å². The molecule has 0 radical (unpaired) electrons. The van der Waals surface area contributed by atoms with Gasteiger partial charge < -0.3 is 0 Å². The number of aromatic nitrogens is 2. The highest BCUT2D eigenvalue weighted by Gasteiger charge is 2.14. The molecule has 1 heterocycles. The Labute approximate surface area is 89.4 Å². The molecule has 0 saturated heterocycles. The van der Waals surface area contributed by atoms with E-state index in [9.17, 15) is 8.42 Å². The predicted molar refractivity (Wildman–Crippen MR) is 56.9 cm³/mol. The summed E-state index contributed by atoms with van der Waals surface area (Å²) < 4.78 is 23.5. The molecule has 2 rings (SSSR count). The van der Waals surface area contributed by atoms with Gasteiger partial charge in [0.2, 0.25) is 0 Å². The van der Waals surface area contributed by atoms with Crippen LogP contribution in [-0.4, -0.2) is 24.9 Å². The number of halogens is 1. The van der Waals surface area contributed by atoms with Gasteiger partial charge in [0.15, 0.2) is 14.9 Å². The number of nitrogens with zero attached hydrogens (tertiary/aromatic N) is 1. The molecule has 0 atom stereocenters. The first kappa shape index (κ1) is 9.67. The third kappa shape index (κ3) is 1.55. The van der Waals surface area contributed by atoms with E-state index in [0.717, 1.165) is 10.7 Å². The maximum absolute atomic E-state index is 11.3. The maximum Gasteiger partial charge on any atom is 0.192 e. The summed E-state index contributed by atoms with van der Waals surface area (Å²) in [5.41, 5.74) is 0.639. The van der Waals surface area contributed by atoms with Gasteiger partial charge in [0.1, 0.15) is 0 Å². The van der Waals surface area contributed by atoms with Gasteiger partial charge in [-0.3, -0.25) is 5.10 Å². The highest BCUT2D eigenvalue weighted by molar-refractivity contribution is 9.10. The molecule has 0 saturated carbocycles. The number of hydrogen-bond donors (Lipinski definition) is 1. The monoisotopic (exact) mass is 274 g/mol. The number of H-pyrrole nitrogens is 1. The molecular formula is C8H7BrN2O2S. The molecule has 0 amide bonds. The van der Waals surface area contributed by atoms with Crippen LogP contribution in [-0.2, 0) is 9.84 Å². The largest absolute Gasteiger partial charge is 0.266 e. The van der Waals surface area contributed by atoms with Crippen molar-refractivity contribution in [2.75, 3.05) is 6.26 Å². The Hall–Kier alpha value is -0.880. The zero-order valence-electron chi connectivity index (χ0n) is 7.28. The van der Waals surface area contributed by atoms with Gasteiger partial charge in [-0.25, -0.2) is 8.42 Å². The van der Waals surface area contributed by atoms with Crippen LogP contribution >= 0.6 is 15.9 Å². The van der Waals surface area contributed by atoms with Gasteiger partial charge in [-0.15, -0.1) is 0 Å². The number of hydrogen-bond acceptors (Lipinski definition) is 3. The van der Waals surface area contributed by atoms with Gasteiger partial charge in [0, 0.05) is 16.1 Å². The zero-order chi connectivity index (χ0) is 10.3. The van der Waals surface area contributed by atoms with Gasteiger partial charge in [-0.2, -0.15) is 5.10 Å². The minimum absolute atomic E-state index is 0.167. The van der Waals surface area contributed by atoms with Crippen LogP contribution in [0, 0.1) is 0 Å². The van der Waals surface area contributed by atoms with E-state index in [-0.39, 0.29) is 5.03 Å². The minimum Gasteiger partial charge on any atom is -0.266 e. The summed E-state index contributed by atoms with van der Waals surface area (Å²) in [6, 6.07) is 5.27. The van der Waals surface area contributed by atoms with Crippen molar-refractivity contribution < 1.29 is 8.42 Å². The standard InChI is InChI=1S/C8H7BrN2O2S/c1-14(12,13)8-6-3-2-5(9)4-7(6)10-11-8/h2-4H,1H3,(H,10,11). The van der Waals surface area contributed by atoms with Crippen molar-refractivity contribution in [1.82, 2.24) is 10.2 Å². The summed E-state index contributed by atoms with van der Waals surface area (Å²) in [6.07, 6.45) is 1.15. The molecule has 14 heavy (non-hydrogen) atoms. The van der Waals surface area contributed by atoms with E-state index in [4.69, 9.17) is 0 Å². The third-order valence-electron chi connectivity index (χ3n) is 1.85. The Kier molecular flexibility index (Phi) is 2.11. The summed E-state index contributed by atoms with van der Waals surface area (Å²) in [6.45, 7) is 0. The van der Waals surface area contributed by atoms with Crippen LogP contribution in [0.4, 0.5) is 0 Å². The normalized spacial score (nSPS) is 12.1. The quantitative estimate of drug-likeness (QED) is 0.862. The lowest BCUT2D eigenvalue weighted by molar-refractivity contribution is 0.598. The van der Waals surface area contributed by atoms with Crippen LogP contribution < -0.4 is 0 Å². The lowest BCUT2D eigenvalue weighted by atomic mass is 10.3. The molecule has 0 unspecified atom stereocenters. The van der Waals surface area contributed by atoms with E-state index in [1.165, 1.54) is 0 Å². The van der Waals surface area contributed by atoms with E-state index in [1.807, 2.05) is 0 Å². The van der Waals surface area contributed by atoms with Crippen LogP contribution in [0.5, 0.6) is 0 Å². The molecule has 0 fully saturated rings. The van der Waals surface area contributed by atoms with Crippen molar-refractivity contribution in [3.05, 3.63) is 22.7 Å². The Morgan fingerprint density at radius 3 is 2.79 bits per heavy atom. The highest BCUT2D eigenvalue weighted by atomic mass is 79.9. The molecule has 1 aromatic heterocycles. The van der Waals surface area contributed by atoms with Crippen LogP contribution in [0.3, 0.4) is 0 Å². The average Bonchev–Trinajstić information content (AvgIpc) is 2.45. The van der Waals surface area contributed by atoms with Crippen molar-refractivity contribution in [3.8, 4) is 0 Å². The Morgan fingerprint density at radius 2 is 2.14 bits per heavy atom. The van der Waals surface area contributed by atoms with Gasteiger partial charge in [0.25, 0.3) is 0 Å². The molecule has 0 aliphatic rings. The van der Waals surface area contributed by atoms with Crippen LogP contribution in [0.2, 0.25) is 0 Å². The molecule has 0 aliphatic heterocycles. The minimum atomic E-state index is -3.23. The van der Waals surface area contributed by atoms with Gasteiger partial charge in [-0.05, 0) is 18.2 Å². The fourth-order valence-electron chi connectivity index (χ4n) is 1.24.